The number of hydrogen-bond donors (Lipinski definition) is 1. The smallest absolute Gasteiger partial charge is 0.115 e. The zero-order chi connectivity index (χ0) is 9.15. The summed E-state index contributed by atoms with van der Waals surface area (Å²) in [5.41, 5.74) is 7.24. The third-order valence-electron chi connectivity index (χ3n) is 2.88. The molecule has 0 saturated heterocycles. The van der Waals surface area contributed by atoms with Crippen molar-refractivity contribution in [2.24, 2.45) is 5.73 Å². The van der Waals surface area contributed by atoms with Crippen LogP contribution in [0.5, 0.6) is 0 Å². The minimum absolute atomic E-state index is 0.153. The van der Waals surface area contributed by atoms with Gasteiger partial charge in [0.2, 0.25) is 0 Å². The van der Waals surface area contributed by atoms with Crippen molar-refractivity contribution in [3.05, 3.63) is 24.3 Å². The van der Waals surface area contributed by atoms with Gasteiger partial charge in [0.05, 0.1) is 0 Å². The number of nitrogens with zero attached hydrogens (tertiary/aromatic N) is 2. The van der Waals surface area contributed by atoms with Gasteiger partial charge in [0.25, 0.3) is 0 Å². The van der Waals surface area contributed by atoms with Crippen LogP contribution in [0.4, 0.5) is 0 Å². The molecule has 1 aliphatic carbocycles. The van der Waals surface area contributed by atoms with Crippen molar-refractivity contribution in [3.8, 4) is 0 Å². The highest BCUT2D eigenvalue weighted by Gasteiger charge is 2.29. The fraction of sp³-hybridized carbons (Fsp3) is 0.600. The van der Waals surface area contributed by atoms with Crippen LogP contribution in [0.1, 0.15) is 37.7 Å². The van der Waals surface area contributed by atoms with Crippen LogP contribution < -0.4 is 5.73 Å². The van der Waals surface area contributed by atoms with Crippen LogP contribution in [0.25, 0.3) is 0 Å². The van der Waals surface area contributed by atoms with Crippen molar-refractivity contribution >= 4 is 0 Å². The van der Waals surface area contributed by atoms with E-state index in [1.54, 1.807) is 6.33 Å². The van der Waals surface area contributed by atoms with Gasteiger partial charge in [-0.25, -0.2) is 9.97 Å². The summed E-state index contributed by atoms with van der Waals surface area (Å²) in [5.74, 6) is 0. The molecule has 0 spiro atoms. The van der Waals surface area contributed by atoms with Crippen molar-refractivity contribution < 1.29 is 0 Å². The Morgan fingerprint density at radius 3 is 2.31 bits per heavy atom. The van der Waals surface area contributed by atoms with E-state index in [1.165, 1.54) is 19.3 Å². The molecule has 70 valence electrons. The van der Waals surface area contributed by atoms with Crippen LogP contribution in [0.3, 0.4) is 0 Å². The number of rotatable bonds is 1. The second-order valence-electron chi connectivity index (χ2n) is 3.84. The molecule has 0 bridgehead atoms. The van der Waals surface area contributed by atoms with E-state index in [2.05, 4.69) is 9.97 Å². The van der Waals surface area contributed by atoms with Gasteiger partial charge in [0.15, 0.2) is 0 Å². The van der Waals surface area contributed by atoms with Gasteiger partial charge in [-0.15, -0.1) is 0 Å². The summed E-state index contributed by atoms with van der Waals surface area (Å²) in [4.78, 5) is 8.03. The summed E-state index contributed by atoms with van der Waals surface area (Å²) in [5, 5.41) is 0. The second-order valence-corrected chi connectivity index (χ2v) is 3.84. The second kappa shape index (κ2) is 3.42. The maximum atomic E-state index is 6.30. The molecule has 0 radical (unpaired) electrons. The van der Waals surface area contributed by atoms with Crippen molar-refractivity contribution in [3.63, 3.8) is 0 Å². The van der Waals surface area contributed by atoms with Crippen molar-refractivity contribution in [2.45, 2.75) is 37.6 Å². The highest BCUT2D eigenvalue weighted by Crippen LogP contribution is 2.33. The van der Waals surface area contributed by atoms with E-state index in [0.717, 1.165) is 18.4 Å². The maximum absolute atomic E-state index is 6.30. The first kappa shape index (κ1) is 8.63. The monoisotopic (exact) mass is 177 g/mol. The number of hydrogen-bond acceptors (Lipinski definition) is 3. The van der Waals surface area contributed by atoms with Gasteiger partial charge in [-0.1, -0.05) is 19.3 Å². The van der Waals surface area contributed by atoms with E-state index in [-0.39, 0.29) is 5.54 Å². The fourth-order valence-electron chi connectivity index (χ4n) is 2.03. The average Bonchev–Trinajstić information content (AvgIpc) is 2.20. The summed E-state index contributed by atoms with van der Waals surface area (Å²) in [6, 6.07) is 0. The quantitative estimate of drug-likeness (QED) is 0.708. The van der Waals surface area contributed by atoms with E-state index < -0.39 is 0 Å². The molecule has 0 amide bonds. The first-order chi connectivity index (χ1) is 6.31. The van der Waals surface area contributed by atoms with Crippen molar-refractivity contribution in [1.29, 1.82) is 0 Å². The zero-order valence-electron chi connectivity index (χ0n) is 7.74. The Morgan fingerprint density at radius 1 is 1.08 bits per heavy atom. The molecule has 1 aliphatic rings. The Bertz CT molecular complexity index is 265. The largest absolute Gasteiger partial charge is 0.321 e. The Hall–Kier alpha value is -0.960. The lowest BCUT2D eigenvalue weighted by atomic mass is 9.78. The predicted molar refractivity (Wildman–Crippen MR) is 51.0 cm³/mol. The van der Waals surface area contributed by atoms with Crippen LogP contribution >= 0.6 is 0 Å². The Balaban J connectivity index is 2.23. The topological polar surface area (TPSA) is 51.8 Å². The summed E-state index contributed by atoms with van der Waals surface area (Å²) < 4.78 is 0. The highest BCUT2D eigenvalue weighted by atomic mass is 14.8. The predicted octanol–water partition coefficient (Wildman–Crippen LogP) is 1.59. The number of nitrogens with two attached hydrogens (primary N) is 1. The van der Waals surface area contributed by atoms with Gasteiger partial charge >= 0.3 is 0 Å². The lowest BCUT2D eigenvalue weighted by Crippen LogP contribution is -2.38. The molecule has 1 aromatic rings. The molecular formula is C10H15N3. The lowest BCUT2D eigenvalue weighted by Gasteiger charge is -2.33. The third-order valence-corrected chi connectivity index (χ3v) is 2.88. The molecule has 13 heavy (non-hydrogen) atoms. The highest BCUT2D eigenvalue weighted by molar-refractivity contribution is 5.17. The summed E-state index contributed by atoms with van der Waals surface area (Å²) in [6.45, 7) is 0. The SMILES string of the molecule is NC1(c2cncnc2)CCCCC1. The molecule has 3 nitrogen and oxygen atoms in total. The average molecular weight is 177 g/mol. The van der Waals surface area contributed by atoms with Crippen molar-refractivity contribution in [1.82, 2.24) is 9.97 Å². The molecule has 1 heterocycles. The molecule has 3 heteroatoms. The summed E-state index contributed by atoms with van der Waals surface area (Å²) >= 11 is 0. The van der Waals surface area contributed by atoms with E-state index in [9.17, 15) is 0 Å². The number of aromatic nitrogens is 2. The molecular weight excluding hydrogens is 162 g/mol. The van der Waals surface area contributed by atoms with Gasteiger partial charge in [0, 0.05) is 23.5 Å². The molecule has 0 aromatic carbocycles. The summed E-state index contributed by atoms with van der Waals surface area (Å²) in [6.07, 6.45) is 11.1. The van der Waals surface area contributed by atoms with Crippen molar-refractivity contribution in [2.75, 3.05) is 0 Å². The molecule has 2 N–H and O–H groups in total. The van der Waals surface area contributed by atoms with Crippen LogP contribution in [0.2, 0.25) is 0 Å². The van der Waals surface area contributed by atoms with Crippen LogP contribution in [-0.2, 0) is 5.54 Å². The van der Waals surface area contributed by atoms with Gasteiger partial charge in [-0.05, 0) is 12.8 Å². The van der Waals surface area contributed by atoms with E-state index in [4.69, 9.17) is 5.73 Å². The van der Waals surface area contributed by atoms with Crippen LogP contribution in [-0.4, -0.2) is 9.97 Å². The molecule has 1 fully saturated rings. The Morgan fingerprint density at radius 2 is 1.69 bits per heavy atom. The molecule has 1 saturated carbocycles. The molecule has 2 rings (SSSR count). The van der Waals surface area contributed by atoms with Crippen LogP contribution in [0.15, 0.2) is 18.7 Å². The maximum Gasteiger partial charge on any atom is 0.115 e. The normalized spacial score (nSPS) is 21.3. The zero-order valence-corrected chi connectivity index (χ0v) is 7.74. The molecule has 0 atom stereocenters. The minimum atomic E-state index is -0.153. The molecule has 0 unspecified atom stereocenters. The molecule has 1 aromatic heterocycles. The Labute approximate surface area is 78.4 Å². The molecule has 0 aliphatic heterocycles. The Kier molecular flexibility index (Phi) is 2.27. The van der Waals surface area contributed by atoms with Gasteiger partial charge in [-0.2, -0.15) is 0 Å². The third kappa shape index (κ3) is 1.70. The van der Waals surface area contributed by atoms with Crippen LogP contribution in [0, 0.1) is 0 Å². The van der Waals surface area contributed by atoms with Gasteiger partial charge in [-0.3, -0.25) is 0 Å². The van der Waals surface area contributed by atoms with E-state index in [1.807, 2.05) is 12.4 Å². The first-order valence-corrected chi connectivity index (χ1v) is 4.86. The van der Waals surface area contributed by atoms with Gasteiger partial charge < -0.3 is 5.73 Å². The lowest BCUT2D eigenvalue weighted by molar-refractivity contribution is 0.301. The van der Waals surface area contributed by atoms with E-state index >= 15 is 0 Å². The first-order valence-electron chi connectivity index (χ1n) is 4.86. The fourth-order valence-corrected chi connectivity index (χ4v) is 2.03. The van der Waals surface area contributed by atoms with E-state index in [0.29, 0.717) is 0 Å². The summed E-state index contributed by atoms with van der Waals surface area (Å²) in [7, 11) is 0. The van der Waals surface area contributed by atoms with Gasteiger partial charge in [0.1, 0.15) is 6.33 Å². The standard InChI is InChI=1S/C10H15N3/c11-10(4-2-1-3-5-10)9-6-12-8-13-7-9/h6-8H,1-5,11H2. The minimum Gasteiger partial charge on any atom is -0.321 e.